The molecule has 0 aliphatic heterocycles. The Hall–Kier alpha value is -1.32. The molecule has 96 valence electrons. The van der Waals surface area contributed by atoms with Crippen molar-refractivity contribution >= 4 is 11.6 Å². The van der Waals surface area contributed by atoms with E-state index in [1.165, 1.54) is 5.56 Å². The normalized spacial score (nSPS) is 12.6. The van der Waals surface area contributed by atoms with Gasteiger partial charge >= 0.3 is 0 Å². The van der Waals surface area contributed by atoms with Gasteiger partial charge < -0.3 is 10.3 Å². The number of halogens is 1. The van der Waals surface area contributed by atoms with Crippen LogP contribution in [0.5, 0.6) is 0 Å². The van der Waals surface area contributed by atoms with Gasteiger partial charge in [-0.1, -0.05) is 30.7 Å². The molecule has 0 saturated carbocycles. The molecule has 1 atom stereocenters. The monoisotopic (exact) mass is 263 g/mol. The first-order chi connectivity index (χ1) is 8.79. The summed E-state index contributed by atoms with van der Waals surface area (Å²) in [6.07, 6.45) is 5.58. The molecule has 2 aromatic rings. The van der Waals surface area contributed by atoms with Crippen molar-refractivity contribution in [2.75, 3.05) is 6.54 Å². The van der Waals surface area contributed by atoms with Crippen molar-refractivity contribution in [3.05, 3.63) is 53.1 Å². The number of nitrogens with one attached hydrogen (secondary N) is 2. The first-order valence-corrected chi connectivity index (χ1v) is 6.63. The third-order valence-electron chi connectivity index (χ3n) is 3.00. The Labute approximate surface area is 113 Å². The van der Waals surface area contributed by atoms with E-state index in [0.29, 0.717) is 6.04 Å². The van der Waals surface area contributed by atoms with Crippen LogP contribution in [0.25, 0.3) is 0 Å². The van der Waals surface area contributed by atoms with Crippen LogP contribution < -0.4 is 5.32 Å². The summed E-state index contributed by atoms with van der Waals surface area (Å²) in [6, 6.07) is 8.40. The fraction of sp³-hybridized carbons (Fsp3) is 0.357. The molecular formula is C14H18ClN3. The first-order valence-electron chi connectivity index (χ1n) is 6.25. The van der Waals surface area contributed by atoms with Gasteiger partial charge in [-0.3, -0.25) is 0 Å². The lowest BCUT2D eigenvalue weighted by Gasteiger charge is -2.17. The number of benzene rings is 1. The summed E-state index contributed by atoms with van der Waals surface area (Å²) in [6.45, 7) is 3.10. The predicted molar refractivity (Wildman–Crippen MR) is 74.8 cm³/mol. The van der Waals surface area contributed by atoms with Crippen molar-refractivity contribution in [3.8, 4) is 0 Å². The van der Waals surface area contributed by atoms with E-state index in [0.717, 1.165) is 30.1 Å². The molecular weight excluding hydrogens is 246 g/mol. The lowest BCUT2D eigenvalue weighted by molar-refractivity contribution is 0.521. The fourth-order valence-electron chi connectivity index (χ4n) is 2.02. The average molecular weight is 264 g/mol. The van der Waals surface area contributed by atoms with Gasteiger partial charge in [-0.2, -0.15) is 0 Å². The highest BCUT2D eigenvalue weighted by Crippen LogP contribution is 2.20. The van der Waals surface area contributed by atoms with Gasteiger partial charge in [0, 0.05) is 35.9 Å². The zero-order valence-corrected chi connectivity index (χ0v) is 11.2. The molecule has 1 unspecified atom stereocenters. The minimum Gasteiger partial charge on any atom is -0.348 e. The molecule has 2 N–H and O–H groups in total. The van der Waals surface area contributed by atoms with E-state index in [2.05, 4.69) is 28.3 Å². The van der Waals surface area contributed by atoms with Gasteiger partial charge in [-0.05, 0) is 24.1 Å². The second kappa shape index (κ2) is 6.57. The second-order valence-electron chi connectivity index (χ2n) is 4.30. The molecule has 0 fully saturated rings. The van der Waals surface area contributed by atoms with Gasteiger partial charge in [0.1, 0.15) is 0 Å². The SMILES string of the molecule is CCC(NCCc1cnc[nH]1)c1cccc(Cl)c1. The Morgan fingerprint density at radius 2 is 2.33 bits per heavy atom. The summed E-state index contributed by atoms with van der Waals surface area (Å²) in [7, 11) is 0. The molecule has 0 saturated heterocycles. The second-order valence-corrected chi connectivity index (χ2v) is 4.73. The highest BCUT2D eigenvalue weighted by atomic mass is 35.5. The predicted octanol–water partition coefficient (Wildman–Crippen LogP) is 3.35. The van der Waals surface area contributed by atoms with Crippen LogP contribution in [0.2, 0.25) is 5.02 Å². The summed E-state index contributed by atoms with van der Waals surface area (Å²) in [4.78, 5) is 7.11. The van der Waals surface area contributed by atoms with Crippen molar-refractivity contribution in [2.45, 2.75) is 25.8 Å². The minimum atomic E-state index is 0.353. The molecule has 0 aliphatic rings. The average Bonchev–Trinajstić information content (AvgIpc) is 2.88. The summed E-state index contributed by atoms with van der Waals surface area (Å²) in [5.74, 6) is 0. The van der Waals surface area contributed by atoms with E-state index in [1.54, 1.807) is 6.33 Å². The molecule has 1 heterocycles. The highest BCUT2D eigenvalue weighted by molar-refractivity contribution is 6.30. The van der Waals surface area contributed by atoms with E-state index in [4.69, 9.17) is 11.6 Å². The van der Waals surface area contributed by atoms with Crippen molar-refractivity contribution in [1.29, 1.82) is 0 Å². The van der Waals surface area contributed by atoms with Crippen LogP contribution in [0.4, 0.5) is 0 Å². The number of H-pyrrole nitrogens is 1. The van der Waals surface area contributed by atoms with Gasteiger partial charge in [0.15, 0.2) is 0 Å². The summed E-state index contributed by atoms with van der Waals surface area (Å²) in [5, 5.41) is 4.34. The lowest BCUT2D eigenvalue weighted by Crippen LogP contribution is -2.23. The smallest absolute Gasteiger partial charge is 0.0921 e. The van der Waals surface area contributed by atoms with Gasteiger partial charge in [-0.15, -0.1) is 0 Å². The summed E-state index contributed by atoms with van der Waals surface area (Å²) in [5.41, 5.74) is 2.40. The van der Waals surface area contributed by atoms with Crippen LogP contribution in [0.1, 0.15) is 30.6 Å². The summed E-state index contributed by atoms with van der Waals surface area (Å²) < 4.78 is 0. The largest absolute Gasteiger partial charge is 0.348 e. The number of hydrogen-bond donors (Lipinski definition) is 2. The van der Waals surface area contributed by atoms with E-state index < -0.39 is 0 Å². The van der Waals surface area contributed by atoms with Gasteiger partial charge in [0.2, 0.25) is 0 Å². The van der Waals surface area contributed by atoms with E-state index in [1.807, 2.05) is 24.4 Å². The minimum absolute atomic E-state index is 0.353. The first kappa shape index (κ1) is 13.1. The van der Waals surface area contributed by atoms with E-state index >= 15 is 0 Å². The highest BCUT2D eigenvalue weighted by Gasteiger charge is 2.08. The van der Waals surface area contributed by atoms with E-state index in [-0.39, 0.29) is 0 Å². The van der Waals surface area contributed by atoms with Crippen molar-refractivity contribution in [2.24, 2.45) is 0 Å². The molecule has 0 radical (unpaired) electrons. The van der Waals surface area contributed by atoms with Crippen molar-refractivity contribution in [3.63, 3.8) is 0 Å². The van der Waals surface area contributed by atoms with Crippen molar-refractivity contribution < 1.29 is 0 Å². The maximum absolute atomic E-state index is 6.02. The topological polar surface area (TPSA) is 40.7 Å². The van der Waals surface area contributed by atoms with Crippen molar-refractivity contribution in [1.82, 2.24) is 15.3 Å². The van der Waals surface area contributed by atoms with Crippen LogP contribution in [-0.4, -0.2) is 16.5 Å². The number of hydrogen-bond acceptors (Lipinski definition) is 2. The third-order valence-corrected chi connectivity index (χ3v) is 3.23. The van der Waals surface area contributed by atoms with Gasteiger partial charge in [-0.25, -0.2) is 4.98 Å². The number of aromatic amines is 1. The maximum atomic E-state index is 6.02. The Bertz CT molecular complexity index is 468. The Morgan fingerprint density at radius 3 is 3.00 bits per heavy atom. The molecule has 1 aromatic carbocycles. The van der Waals surface area contributed by atoms with Crippen LogP contribution in [0, 0.1) is 0 Å². The molecule has 1 aromatic heterocycles. The molecule has 0 amide bonds. The molecule has 3 nitrogen and oxygen atoms in total. The molecule has 2 rings (SSSR count). The number of imidazole rings is 1. The summed E-state index contributed by atoms with van der Waals surface area (Å²) >= 11 is 6.02. The Kier molecular flexibility index (Phi) is 4.79. The number of rotatable bonds is 6. The van der Waals surface area contributed by atoms with Crippen LogP contribution >= 0.6 is 11.6 Å². The zero-order chi connectivity index (χ0) is 12.8. The molecule has 0 spiro atoms. The zero-order valence-electron chi connectivity index (χ0n) is 10.5. The fourth-order valence-corrected chi connectivity index (χ4v) is 2.22. The Balaban J connectivity index is 1.89. The maximum Gasteiger partial charge on any atom is 0.0921 e. The molecule has 18 heavy (non-hydrogen) atoms. The van der Waals surface area contributed by atoms with Gasteiger partial charge in [0.05, 0.1) is 6.33 Å². The third kappa shape index (κ3) is 3.59. The molecule has 0 aliphatic carbocycles. The Morgan fingerprint density at radius 1 is 1.44 bits per heavy atom. The quantitative estimate of drug-likeness (QED) is 0.839. The van der Waals surface area contributed by atoms with Crippen LogP contribution in [0.3, 0.4) is 0 Å². The molecule has 0 bridgehead atoms. The standard InChI is InChI=1S/C14H18ClN3/c1-2-14(11-4-3-5-12(15)8-11)17-7-6-13-9-16-10-18-13/h3-5,8-10,14,17H,2,6-7H2,1H3,(H,16,18). The lowest BCUT2D eigenvalue weighted by atomic mass is 10.0. The van der Waals surface area contributed by atoms with E-state index in [9.17, 15) is 0 Å². The molecule has 4 heteroatoms. The number of nitrogens with zero attached hydrogens (tertiary/aromatic N) is 1. The van der Waals surface area contributed by atoms with Crippen LogP contribution in [-0.2, 0) is 6.42 Å². The van der Waals surface area contributed by atoms with Gasteiger partial charge in [0.25, 0.3) is 0 Å². The van der Waals surface area contributed by atoms with Crippen LogP contribution in [0.15, 0.2) is 36.8 Å². The number of aromatic nitrogens is 2.